The average Bonchev–Trinajstić information content (AvgIpc) is 2.49. The molecule has 0 amide bonds. The number of nitrogen functional groups attached to an aromatic ring is 1. The highest BCUT2D eigenvalue weighted by atomic mass is 16.5. The van der Waals surface area contributed by atoms with Crippen molar-refractivity contribution in [1.29, 1.82) is 0 Å². The van der Waals surface area contributed by atoms with Gasteiger partial charge in [-0.05, 0) is 42.0 Å². The highest BCUT2D eigenvalue weighted by Crippen LogP contribution is 2.25. The quantitative estimate of drug-likeness (QED) is 0.617. The molecule has 5 heteroatoms. The zero-order valence-corrected chi connectivity index (χ0v) is 10.9. The van der Waals surface area contributed by atoms with Crippen molar-refractivity contribution in [1.82, 2.24) is 0 Å². The summed E-state index contributed by atoms with van der Waals surface area (Å²) in [5, 5.41) is 19.3. The summed E-state index contributed by atoms with van der Waals surface area (Å²) in [4.78, 5) is 0. The first-order chi connectivity index (χ1) is 9.60. The molecule has 0 aromatic heterocycles. The molecule has 6 N–H and O–H groups in total. The van der Waals surface area contributed by atoms with Gasteiger partial charge in [0.15, 0.2) is 0 Å². The Labute approximate surface area is 117 Å². The lowest BCUT2D eigenvalue weighted by molar-refractivity contribution is 0.0243. The minimum Gasteiger partial charge on any atom is -0.457 e. The Morgan fingerprint density at radius 1 is 0.900 bits per heavy atom. The summed E-state index contributed by atoms with van der Waals surface area (Å²) >= 11 is 0. The van der Waals surface area contributed by atoms with Crippen LogP contribution in [-0.4, -0.2) is 22.9 Å². The SMILES string of the molecule is NCC(O)C(O)c1ccc(Oc2ccc(N)cc2)cc1. The predicted molar refractivity (Wildman–Crippen MR) is 77.4 cm³/mol. The lowest BCUT2D eigenvalue weighted by Crippen LogP contribution is -2.27. The molecule has 0 aliphatic carbocycles. The van der Waals surface area contributed by atoms with Gasteiger partial charge in [-0.2, -0.15) is 0 Å². The van der Waals surface area contributed by atoms with Crippen molar-refractivity contribution in [3.8, 4) is 11.5 Å². The van der Waals surface area contributed by atoms with Gasteiger partial charge in [-0.25, -0.2) is 0 Å². The maximum absolute atomic E-state index is 9.82. The third-order valence-electron chi connectivity index (χ3n) is 2.94. The second-order valence-electron chi connectivity index (χ2n) is 4.49. The summed E-state index contributed by atoms with van der Waals surface area (Å²) in [6.45, 7) is 0.00482. The van der Waals surface area contributed by atoms with Crippen LogP contribution in [0.2, 0.25) is 0 Å². The van der Waals surface area contributed by atoms with E-state index in [1.165, 1.54) is 0 Å². The summed E-state index contributed by atoms with van der Waals surface area (Å²) in [6, 6.07) is 13.9. The number of anilines is 1. The summed E-state index contributed by atoms with van der Waals surface area (Å²) in [5.41, 5.74) is 12.2. The molecule has 2 aromatic rings. The van der Waals surface area contributed by atoms with Crippen LogP contribution in [0, 0.1) is 0 Å². The Morgan fingerprint density at radius 2 is 1.40 bits per heavy atom. The van der Waals surface area contributed by atoms with Crippen LogP contribution in [0.5, 0.6) is 11.5 Å². The van der Waals surface area contributed by atoms with Crippen LogP contribution in [0.3, 0.4) is 0 Å². The average molecular weight is 274 g/mol. The van der Waals surface area contributed by atoms with Crippen molar-refractivity contribution in [3.63, 3.8) is 0 Å². The summed E-state index contributed by atoms with van der Waals surface area (Å²) in [6.07, 6.45) is -1.97. The van der Waals surface area contributed by atoms with Gasteiger partial charge in [0, 0.05) is 12.2 Å². The number of ether oxygens (including phenoxy) is 1. The smallest absolute Gasteiger partial charge is 0.127 e. The van der Waals surface area contributed by atoms with Crippen molar-refractivity contribution in [2.75, 3.05) is 12.3 Å². The Morgan fingerprint density at radius 3 is 1.90 bits per heavy atom. The Kier molecular flexibility index (Phi) is 4.57. The monoisotopic (exact) mass is 274 g/mol. The van der Waals surface area contributed by atoms with Gasteiger partial charge in [-0.3, -0.25) is 0 Å². The van der Waals surface area contributed by atoms with Gasteiger partial charge in [-0.1, -0.05) is 12.1 Å². The van der Waals surface area contributed by atoms with Crippen molar-refractivity contribution in [3.05, 3.63) is 54.1 Å². The molecule has 2 aromatic carbocycles. The van der Waals surface area contributed by atoms with Crippen LogP contribution < -0.4 is 16.2 Å². The molecule has 0 fully saturated rings. The maximum Gasteiger partial charge on any atom is 0.127 e. The standard InChI is InChI=1S/C15H18N2O3/c16-9-14(18)15(19)10-1-5-12(6-2-10)20-13-7-3-11(17)4-8-13/h1-8,14-15,18-19H,9,16-17H2. The first-order valence-corrected chi connectivity index (χ1v) is 6.29. The fraction of sp³-hybridized carbons (Fsp3) is 0.200. The van der Waals surface area contributed by atoms with E-state index in [2.05, 4.69) is 0 Å². The number of hydrogen-bond acceptors (Lipinski definition) is 5. The molecule has 0 heterocycles. The van der Waals surface area contributed by atoms with Crippen molar-refractivity contribution in [2.45, 2.75) is 12.2 Å². The van der Waals surface area contributed by atoms with E-state index < -0.39 is 12.2 Å². The second kappa shape index (κ2) is 6.38. The highest BCUT2D eigenvalue weighted by molar-refractivity contribution is 5.43. The van der Waals surface area contributed by atoms with Gasteiger partial charge in [0.2, 0.25) is 0 Å². The molecular weight excluding hydrogens is 256 g/mol. The number of aliphatic hydroxyl groups excluding tert-OH is 2. The number of rotatable bonds is 5. The van der Waals surface area contributed by atoms with E-state index >= 15 is 0 Å². The first kappa shape index (κ1) is 14.3. The topological polar surface area (TPSA) is 102 Å². The molecule has 0 bridgehead atoms. The van der Waals surface area contributed by atoms with E-state index in [4.69, 9.17) is 16.2 Å². The molecule has 5 nitrogen and oxygen atoms in total. The van der Waals surface area contributed by atoms with E-state index in [-0.39, 0.29) is 6.54 Å². The van der Waals surface area contributed by atoms with E-state index in [0.717, 1.165) is 0 Å². The van der Waals surface area contributed by atoms with Crippen molar-refractivity contribution in [2.24, 2.45) is 5.73 Å². The van der Waals surface area contributed by atoms with E-state index in [1.807, 2.05) is 0 Å². The molecule has 2 unspecified atom stereocenters. The van der Waals surface area contributed by atoms with Crippen LogP contribution in [0.1, 0.15) is 11.7 Å². The van der Waals surface area contributed by atoms with Crippen LogP contribution in [0.15, 0.2) is 48.5 Å². The van der Waals surface area contributed by atoms with Gasteiger partial charge in [0.05, 0.1) is 6.10 Å². The van der Waals surface area contributed by atoms with E-state index in [1.54, 1.807) is 48.5 Å². The minimum absolute atomic E-state index is 0.00482. The van der Waals surface area contributed by atoms with Gasteiger partial charge in [0.25, 0.3) is 0 Å². The summed E-state index contributed by atoms with van der Waals surface area (Å²) < 4.78 is 5.63. The fourth-order valence-corrected chi connectivity index (χ4v) is 1.76. The normalized spacial score (nSPS) is 13.8. The van der Waals surface area contributed by atoms with Gasteiger partial charge in [0.1, 0.15) is 17.6 Å². The molecule has 0 radical (unpaired) electrons. The van der Waals surface area contributed by atoms with Gasteiger partial charge < -0.3 is 26.4 Å². The largest absolute Gasteiger partial charge is 0.457 e. The van der Waals surface area contributed by atoms with Crippen LogP contribution in [0.25, 0.3) is 0 Å². The molecule has 0 saturated carbocycles. The summed E-state index contributed by atoms with van der Waals surface area (Å²) in [7, 11) is 0. The lowest BCUT2D eigenvalue weighted by atomic mass is 10.0. The molecule has 20 heavy (non-hydrogen) atoms. The van der Waals surface area contributed by atoms with E-state index in [9.17, 15) is 10.2 Å². The molecule has 0 aliphatic heterocycles. The lowest BCUT2D eigenvalue weighted by Gasteiger charge is -2.16. The fourth-order valence-electron chi connectivity index (χ4n) is 1.76. The Balaban J connectivity index is 2.06. The molecule has 106 valence electrons. The van der Waals surface area contributed by atoms with E-state index in [0.29, 0.717) is 22.7 Å². The Hall–Kier alpha value is -2.08. The van der Waals surface area contributed by atoms with Crippen molar-refractivity contribution >= 4 is 5.69 Å². The zero-order chi connectivity index (χ0) is 14.5. The highest BCUT2D eigenvalue weighted by Gasteiger charge is 2.16. The number of aliphatic hydroxyl groups is 2. The summed E-state index contributed by atoms with van der Waals surface area (Å²) in [5.74, 6) is 1.31. The number of nitrogens with two attached hydrogens (primary N) is 2. The van der Waals surface area contributed by atoms with Gasteiger partial charge >= 0.3 is 0 Å². The predicted octanol–water partition coefficient (Wildman–Crippen LogP) is 1.41. The molecule has 0 spiro atoms. The minimum atomic E-state index is -0.995. The third kappa shape index (κ3) is 3.48. The van der Waals surface area contributed by atoms with Gasteiger partial charge in [-0.15, -0.1) is 0 Å². The molecule has 2 rings (SSSR count). The number of hydrogen-bond donors (Lipinski definition) is 4. The number of benzene rings is 2. The molecule has 0 saturated heterocycles. The second-order valence-corrected chi connectivity index (χ2v) is 4.49. The maximum atomic E-state index is 9.82. The zero-order valence-electron chi connectivity index (χ0n) is 10.9. The first-order valence-electron chi connectivity index (χ1n) is 6.29. The van der Waals surface area contributed by atoms with Crippen LogP contribution in [-0.2, 0) is 0 Å². The molecule has 0 aliphatic rings. The molecular formula is C15H18N2O3. The third-order valence-corrected chi connectivity index (χ3v) is 2.94. The molecule has 2 atom stereocenters. The van der Waals surface area contributed by atoms with Crippen molar-refractivity contribution < 1.29 is 14.9 Å². The van der Waals surface area contributed by atoms with Crippen LogP contribution >= 0.6 is 0 Å². The van der Waals surface area contributed by atoms with Crippen LogP contribution in [0.4, 0.5) is 5.69 Å². The Bertz CT molecular complexity index is 540.